The van der Waals surface area contributed by atoms with E-state index in [0.29, 0.717) is 15.7 Å². The van der Waals surface area contributed by atoms with E-state index >= 15 is 0 Å². The Bertz CT molecular complexity index is 1480. The van der Waals surface area contributed by atoms with E-state index in [0.717, 1.165) is 31.2 Å². The predicted octanol–water partition coefficient (Wildman–Crippen LogP) is 6.18. The maximum absolute atomic E-state index is 13.7. The van der Waals surface area contributed by atoms with Crippen molar-refractivity contribution < 1.29 is 14.7 Å². The average molecular weight is 508 g/mol. The van der Waals surface area contributed by atoms with Crippen LogP contribution in [0.4, 0.5) is 5.13 Å². The number of hydrogen-bond acceptors (Lipinski definition) is 8. The number of aryl methyl sites for hydroxylation is 3. The Morgan fingerprint density at radius 1 is 1.06 bits per heavy atom. The Morgan fingerprint density at radius 3 is 2.44 bits per heavy atom. The van der Waals surface area contributed by atoms with Crippen LogP contribution >= 0.6 is 34.4 Å². The van der Waals surface area contributed by atoms with E-state index in [1.54, 1.807) is 18.7 Å². The lowest BCUT2D eigenvalue weighted by Gasteiger charge is -2.24. The Morgan fingerprint density at radius 2 is 1.79 bits per heavy atom. The average Bonchev–Trinajstić information content (AvgIpc) is 3.46. The van der Waals surface area contributed by atoms with Crippen molar-refractivity contribution in [1.29, 1.82) is 0 Å². The molecule has 1 N–H and O–H groups in total. The summed E-state index contributed by atoms with van der Waals surface area (Å²) in [5, 5.41) is 12.2. The van der Waals surface area contributed by atoms with Gasteiger partial charge in [0.15, 0.2) is 10.9 Å². The summed E-state index contributed by atoms with van der Waals surface area (Å²) < 4.78 is 0.937. The number of fused-ring (bicyclic) bond motifs is 1. The van der Waals surface area contributed by atoms with Crippen LogP contribution in [0.1, 0.15) is 37.5 Å². The van der Waals surface area contributed by atoms with Crippen LogP contribution in [-0.4, -0.2) is 33.0 Å². The maximum atomic E-state index is 13.7. The number of hydrogen-bond donors (Lipinski definition) is 1. The van der Waals surface area contributed by atoms with Gasteiger partial charge in [0, 0.05) is 4.90 Å². The first kappa shape index (κ1) is 22.8. The van der Waals surface area contributed by atoms with Gasteiger partial charge in [-0.25, -0.2) is 9.97 Å². The second-order valence-corrected chi connectivity index (χ2v) is 11.1. The second-order valence-electron chi connectivity index (χ2n) is 8.06. The molecule has 1 atom stereocenters. The van der Waals surface area contributed by atoms with Gasteiger partial charge in [-0.05, 0) is 62.4 Å². The van der Waals surface area contributed by atoms with E-state index in [1.807, 2.05) is 62.6 Å². The predicted molar refractivity (Wildman–Crippen MR) is 138 cm³/mol. The van der Waals surface area contributed by atoms with Crippen molar-refractivity contribution in [2.45, 2.75) is 31.7 Å². The number of carbonyl (C=O) groups is 2. The SMILES string of the molecule is CSc1ccc(C2C(C(=O)c3sc(C)nc3C)=C(O)C(=O)N2c2nc3ccc(C)cc3s2)cc1. The van der Waals surface area contributed by atoms with Gasteiger partial charge in [0.1, 0.15) is 0 Å². The molecule has 5 rings (SSSR count). The van der Waals surface area contributed by atoms with Gasteiger partial charge in [-0.2, -0.15) is 0 Å². The lowest BCUT2D eigenvalue weighted by molar-refractivity contribution is -0.117. The molecular weight excluding hydrogens is 486 g/mol. The number of Topliss-reactive ketones (excluding diaryl/α,β-unsaturated/α-hetero) is 1. The highest BCUT2D eigenvalue weighted by Gasteiger charge is 2.46. The van der Waals surface area contributed by atoms with Crippen LogP contribution in [0.25, 0.3) is 10.2 Å². The largest absolute Gasteiger partial charge is 0.503 e. The molecule has 9 heteroatoms. The van der Waals surface area contributed by atoms with Crippen LogP contribution in [0, 0.1) is 20.8 Å². The number of thioether (sulfide) groups is 1. The Balaban J connectivity index is 1.68. The number of aromatic nitrogens is 2. The molecule has 2 aromatic heterocycles. The number of benzene rings is 2. The summed E-state index contributed by atoms with van der Waals surface area (Å²) in [6.07, 6.45) is 1.99. The van der Waals surface area contributed by atoms with Gasteiger partial charge in [-0.3, -0.25) is 14.5 Å². The van der Waals surface area contributed by atoms with Crippen LogP contribution in [0.2, 0.25) is 0 Å². The number of anilines is 1. The maximum Gasteiger partial charge on any atom is 0.296 e. The molecular formula is C25H21N3O3S3. The van der Waals surface area contributed by atoms with E-state index in [9.17, 15) is 14.7 Å². The molecule has 3 heterocycles. The first-order chi connectivity index (χ1) is 16.3. The quantitative estimate of drug-likeness (QED) is 0.256. The van der Waals surface area contributed by atoms with E-state index in [-0.39, 0.29) is 11.4 Å². The third-order valence-corrected chi connectivity index (χ3v) is 8.57. The first-order valence-corrected chi connectivity index (χ1v) is 13.4. The summed E-state index contributed by atoms with van der Waals surface area (Å²) in [6.45, 7) is 5.59. The van der Waals surface area contributed by atoms with Crippen molar-refractivity contribution in [2.75, 3.05) is 11.2 Å². The fourth-order valence-corrected chi connectivity index (χ4v) is 6.50. The second kappa shape index (κ2) is 8.65. The highest BCUT2D eigenvalue weighted by molar-refractivity contribution is 7.98. The van der Waals surface area contributed by atoms with Crippen molar-refractivity contribution in [2.24, 2.45) is 0 Å². The van der Waals surface area contributed by atoms with Gasteiger partial charge in [-0.1, -0.05) is 29.5 Å². The van der Waals surface area contributed by atoms with Gasteiger partial charge < -0.3 is 5.11 Å². The molecule has 0 radical (unpaired) electrons. The molecule has 172 valence electrons. The minimum absolute atomic E-state index is 0.0593. The van der Waals surface area contributed by atoms with E-state index in [4.69, 9.17) is 0 Å². The highest BCUT2D eigenvalue weighted by Crippen LogP contribution is 2.45. The monoisotopic (exact) mass is 507 g/mol. The zero-order valence-electron chi connectivity index (χ0n) is 18.9. The molecule has 0 fully saturated rings. The lowest BCUT2D eigenvalue weighted by atomic mass is 9.95. The molecule has 1 unspecified atom stereocenters. The molecule has 4 aromatic rings. The van der Waals surface area contributed by atoms with Crippen LogP contribution in [0.3, 0.4) is 0 Å². The molecule has 0 aliphatic carbocycles. The smallest absolute Gasteiger partial charge is 0.296 e. The molecule has 34 heavy (non-hydrogen) atoms. The molecule has 0 saturated heterocycles. The summed E-state index contributed by atoms with van der Waals surface area (Å²) in [5.41, 5.74) is 3.23. The van der Waals surface area contributed by atoms with Gasteiger partial charge in [0.25, 0.3) is 5.91 Å². The summed E-state index contributed by atoms with van der Waals surface area (Å²) >= 11 is 4.24. The molecule has 2 aromatic carbocycles. The number of carbonyl (C=O) groups excluding carboxylic acids is 2. The Labute approximate surface area is 209 Å². The molecule has 1 amide bonds. The molecule has 0 bridgehead atoms. The van der Waals surface area contributed by atoms with Crippen molar-refractivity contribution in [1.82, 2.24) is 9.97 Å². The van der Waals surface area contributed by atoms with Gasteiger partial charge in [-0.15, -0.1) is 23.1 Å². The number of nitrogens with zero attached hydrogens (tertiary/aromatic N) is 3. The zero-order valence-corrected chi connectivity index (χ0v) is 21.4. The molecule has 6 nitrogen and oxygen atoms in total. The van der Waals surface area contributed by atoms with Crippen LogP contribution in [0.15, 0.2) is 58.7 Å². The number of aliphatic hydroxyl groups excluding tert-OH is 1. The molecule has 1 aliphatic heterocycles. The number of rotatable bonds is 5. The standard InChI is InChI=1S/C25H21N3O3S3/c1-12-5-10-17-18(11-12)34-25(27-17)28-20(15-6-8-16(32-4)9-7-15)19(22(30)24(28)31)21(29)23-13(2)26-14(3)33-23/h5-11,20,30H,1-4H3. The number of amides is 1. The van der Waals surface area contributed by atoms with Gasteiger partial charge >= 0.3 is 0 Å². The first-order valence-electron chi connectivity index (χ1n) is 10.5. The van der Waals surface area contributed by atoms with Crippen molar-refractivity contribution in [3.63, 3.8) is 0 Å². The third kappa shape index (κ3) is 3.73. The number of ketones is 1. The Hall–Kier alpha value is -3.01. The van der Waals surface area contributed by atoms with Gasteiger partial charge in [0.2, 0.25) is 5.78 Å². The van der Waals surface area contributed by atoms with Crippen LogP contribution in [0.5, 0.6) is 0 Å². The fourth-order valence-electron chi connectivity index (χ4n) is 4.12. The van der Waals surface area contributed by atoms with Crippen molar-refractivity contribution in [3.05, 3.63) is 80.5 Å². The summed E-state index contributed by atoms with van der Waals surface area (Å²) in [7, 11) is 0. The minimum atomic E-state index is -0.792. The normalized spacial score (nSPS) is 16.2. The molecule has 1 aliphatic rings. The highest BCUT2D eigenvalue weighted by atomic mass is 32.2. The molecule has 0 spiro atoms. The van der Waals surface area contributed by atoms with Crippen LogP contribution in [-0.2, 0) is 4.79 Å². The Kier molecular flexibility index (Phi) is 5.79. The topological polar surface area (TPSA) is 83.4 Å². The van der Waals surface area contributed by atoms with E-state index in [2.05, 4.69) is 9.97 Å². The lowest BCUT2D eigenvalue weighted by Crippen LogP contribution is -2.31. The van der Waals surface area contributed by atoms with E-state index < -0.39 is 17.7 Å². The van der Waals surface area contributed by atoms with Gasteiger partial charge in [0.05, 0.1) is 37.4 Å². The number of thiazole rings is 2. The summed E-state index contributed by atoms with van der Waals surface area (Å²) in [4.78, 5) is 39.1. The summed E-state index contributed by atoms with van der Waals surface area (Å²) in [6, 6.07) is 12.8. The van der Waals surface area contributed by atoms with Crippen molar-refractivity contribution >= 4 is 61.5 Å². The minimum Gasteiger partial charge on any atom is -0.503 e. The zero-order chi connectivity index (χ0) is 24.1. The fraction of sp³-hybridized carbons (Fsp3) is 0.200. The molecule has 0 saturated carbocycles. The van der Waals surface area contributed by atoms with Crippen molar-refractivity contribution in [3.8, 4) is 0 Å². The van der Waals surface area contributed by atoms with Crippen LogP contribution < -0.4 is 4.90 Å². The van der Waals surface area contributed by atoms with E-state index in [1.165, 1.54) is 27.6 Å². The third-order valence-electron chi connectivity index (χ3n) is 5.73. The number of aliphatic hydroxyl groups is 1. The summed E-state index contributed by atoms with van der Waals surface area (Å²) in [5.74, 6) is -1.55.